The lowest BCUT2D eigenvalue weighted by Gasteiger charge is -2.33. The van der Waals surface area contributed by atoms with Crippen LogP contribution in [0.4, 0.5) is 5.69 Å². The second kappa shape index (κ2) is 8.18. The lowest BCUT2D eigenvalue weighted by molar-refractivity contribution is -0.116. The van der Waals surface area contributed by atoms with E-state index in [1.54, 1.807) is 11.8 Å². The first-order valence-corrected chi connectivity index (χ1v) is 9.54. The Morgan fingerprint density at radius 2 is 1.88 bits per heavy atom. The topological polar surface area (TPSA) is 55.9 Å². The highest BCUT2D eigenvalue weighted by Gasteiger charge is 2.23. The number of nitrogens with zero attached hydrogens (tertiary/aromatic N) is 3. The lowest BCUT2D eigenvalue weighted by Crippen LogP contribution is -2.46. The van der Waals surface area contributed by atoms with Crippen LogP contribution in [0.3, 0.4) is 0 Å². The molecule has 2 amide bonds. The molecule has 0 aliphatic carbocycles. The number of fused-ring (bicyclic) bond motifs is 1. The number of rotatable bonds is 5. The molecule has 0 bridgehead atoms. The van der Waals surface area contributed by atoms with Gasteiger partial charge in [-0.1, -0.05) is 6.92 Å². The van der Waals surface area contributed by atoms with E-state index in [1.807, 2.05) is 18.2 Å². The molecule has 3 rings (SSSR count). The van der Waals surface area contributed by atoms with Crippen LogP contribution in [0.15, 0.2) is 18.2 Å². The molecule has 1 unspecified atom stereocenters. The highest BCUT2D eigenvalue weighted by molar-refractivity contribution is 5.97. The van der Waals surface area contributed by atoms with E-state index in [9.17, 15) is 9.59 Å². The summed E-state index contributed by atoms with van der Waals surface area (Å²) in [5.41, 5.74) is 2.71. The fourth-order valence-electron chi connectivity index (χ4n) is 3.77. The van der Waals surface area contributed by atoms with Crippen LogP contribution in [0.25, 0.3) is 0 Å². The van der Waals surface area contributed by atoms with Crippen LogP contribution in [-0.2, 0) is 11.2 Å². The van der Waals surface area contributed by atoms with Crippen LogP contribution in [0.2, 0.25) is 0 Å². The molecule has 1 fully saturated rings. The predicted octanol–water partition coefficient (Wildman–Crippen LogP) is 1.21. The Kier molecular flexibility index (Phi) is 5.94. The van der Waals surface area contributed by atoms with E-state index in [1.165, 1.54) is 0 Å². The van der Waals surface area contributed by atoms with Crippen molar-refractivity contribution in [2.24, 2.45) is 5.92 Å². The molecule has 2 aliphatic rings. The summed E-state index contributed by atoms with van der Waals surface area (Å²) in [5, 5.41) is 3.07. The number of carbonyl (C=O) groups excluding carboxylic acids is 2. The number of amides is 2. The van der Waals surface area contributed by atoms with Gasteiger partial charge < -0.3 is 20.0 Å². The zero-order valence-electron chi connectivity index (χ0n) is 16.1. The molecule has 0 radical (unpaired) electrons. The first-order valence-electron chi connectivity index (χ1n) is 9.54. The number of hydrogen-bond acceptors (Lipinski definition) is 4. The van der Waals surface area contributed by atoms with E-state index < -0.39 is 0 Å². The highest BCUT2D eigenvalue weighted by atomic mass is 16.2. The molecule has 26 heavy (non-hydrogen) atoms. The van der Waals surface area contributed by atoms with E-state index in [-0.39, 0.29) is 11.8 Å². The van der Waals surface area contributed by atoms with Gasteiger partial charge in [-0.3, -0.25) is 9.59 Å². The van der Waals surface area contributed by atoms with Gasteiger partial charge in [-0.25, -0.2) is 0 Å². The number of hydrogen-bond donors (Lipinski definition) is 1. The molecule has 0 aromatic heterocycles. The third-order valence-electron chi connectivity index (χ3n) is 5.39. The molecule has 1 N–H and O–H groups in total. The van der Waals surface area contributed by atoms with Gasteiger partial charge in [-0.2, -0.15) is 0 Å². The van der Waals surface area contributed by atoms with Gasteiger partial charge in [0.25, 0.3) is 5.91 Å². The average molecular weight is 358 g/mol. The lowest BCUT2D eigenvalue weighted by atomic mass is 10.1. The van der Waals surface area contributed by atoms with Crippen molar-refractivity contribution in [3.05, 3.63) is 29.3 Å². The molecule has 1 aromatic rings. The van der Waals surface area contributed by atoms with Gasteiger partial charge in [0.05, 0.1) is 0 Å². The van der Waals surface area contributed by atoms with E-state index in [2.05, 4.69) is 29.1 Å². The number of anilines is 1. The van der Waals surface area contributed by atoms with Gasteiger partial charge in [-0.05, 0) is 43.1 Å². The zero-order valence-corrected chi connectivity index (χ0v) is 16.1. The molecular formula is C20H30N4O2. The van der Waals surface area contributed by atoms with Crippen molar-refractivity contribution in [2.45, 2.75) is 20.3 Å². The van der Waals surface area contributed by atoms with Crippen molar-refractivity contribution in [3.8, 4) is 0 Å². The number of carbonyl (C=O) groups is 2. The Morgan fingerprint density at radius 3 is 2.58 bits per heavy atom. The van der Waals surface area contributed by atoms with Crippen molar-refractivity contribution >= 4 is 17.5 Å². The maximum absolute atomic E-state index is 12.5. The quantitative estimate of drug-likeness (QED) is 0.860. The van der Waals surface area contributed by atoms with Crippen molar-refractivity contribution in [1.29, 1.82) is 0 Å². The van der Waals surface area contributed by atoms with Crippen LogP contribution in [0.1, 0.15) is 29.8 Å². The normalized spacial score (nSPS) is 19.3. The first kappa shape index (κ1) is 18.9. The summed E-state index contributed by atoms with van der Waals surface area (Å²) in [6.07, 6.45) is 0.815. The van der Waals surface area contributed by atoms with E-state index >= 15 is 0 Å². The molecule has 1 atom stereocenters. The second-order valence-electron chi connectivity index (χ2n) is 7.68. The second-order valence-corrected chi connectivity index (χ2v) is 7.68. The maximum atomic E-state index is 12.5. The van der Waals surface area contributed by atoms with Crippen LogP contribution in [0, 0.1) is 5.92 Å². The minimum atomic E-state index is -0.0284. The summed E-state index contributed by atoms with van der Waals surface area (Å²) in [4.78, 5) is 30.7. The van der Waals surface area contributed by atoms with E-state index in [0.29, 0.717) is 24.6 Å². The number of benzene rings is 1. The minimum Gasteiger partial charge on any atom is -0.352 e. The Morgan fingerprint density at radius 1 is 1.15 bits per heavy atom. The molecule has 2 heterocycles. The fourth-order valence-corrected chi connectivity index (χ4v) is 3.77. The average Bonchev–Trinajstić information content (AvgIpc) is 3.05. The van der Waals surface area contributed by atoms with Gasteiger partial charge in [0, 0.05) is 64.0 Å². The SMILES string of the molecule is CC(=O)N1CCc2cc(C(=O)NCC(C)CN3CCN(C)CC3)ccc21. The zero-order chi connectivity index (χ0) is 18.7. The molecule has 0 saturated carbocycles. The number of likely N-dealkylation sites (N-methyl/N-ethyl adjacent to an activating group) is 1. The summed E-state index contributed by atoms with van der Waals surface area (Å²) in [7, 11) is 2.16. The van der Waals surface area contributed by atoms with Crippen LogP contribution >= 0.6 is 0 Å². The van der Waals surface area contributed by atoms with Crippen molar-refractivity contribution in [2.75, 3.05) is 57.8 Å². The van der Waals surface area contributed by atoms with Crippen LogP contribution < -0.4 is 10.2 Å². The van der Waals surface area contributed by atoms with E-state index in [0.717, 1.165) is 50.4 Å². The summed E-state index contributed by atoms with van der Waals surface area (Å²) in [6, 6.07) is 5.64. The standard InChI is InChI=1S/C20H30N4O2/c1-15(14-23-10-8-22(3)9-11-23)13-21-20(26)18-4-5-19-17(12-18)6-7-24(19)16(2)25/h4-5,12,15H,6-11,13-14H2,1-3H3,(H,21,26). The van der Waals surface area contributed by atoms with E-state index in [4.69, 9.17) is 0 Å². The Balaban J connectivity index is 1.50. The summed E-state index contributed by atoms with van der Waals surface area (Å²) < 4.78 is 0. The first-order chi connectivity index (χ1) is 12.4. The summed E-state index contributed by atoms with van der Waals surface area (Å²) in [6.45, 7) is 10.6. The molecule has 1 aromatic carbocycles. The Hall–Kier alpha value is -1.92. The fraction of sp³-hybridized carbons (Fsp3) is 0.600. The number of piperazine rings is 1. The number of nitrogens with one attached hydrogen (secondary N) is 1. The summed E-state index contributed by atoms with van der Waals surface area (Å²) >= 11 is 0. The van der Waals surface area contributed by atoms with Crippen LogP contribution in [0.5, 0.6) is 0 Å². The highest BCUT2D eigenvalue weighted by Crippen LogP contribution is 2.28. The largest absolute Gasteiger partial charge is 0.352 e. The van der Waals surface area contributed by atoms with Crippen molar-refractivity contribution in [3.63, 3.8) is 0 Å². The Labute approximate surface area is 156 Å². The van der Waals surface area contributed by atoms with Gasteiger partial charge in [0.15, 0.2) is 0 Å². The molecular weight excluding hydrogens is 328 g/mol. The smallest absolute Gasteiger partial charge is 0.251 e. The van der Waals surface area contributed by atoms with Gasteiger partial charge >= 0.3 is 0 Å². The Bertz CT molecular complexity index is 668. The minimum absolute atomic E-state index is 0.0284. The molecule has 6 heteroatoms. The van der Waals surface area contributed by atoms with Crippen molar-refractivity contribution in [1.82, 2.24) is 15.1 Å². The molecule has 1 saturated heterocycles. The van der Waals surface area contributed by atoms with Crippen molar-refractivity contribution < 1.29 is 9.59 Å². The predicted molar refractivity (Wildman–Crippen MR) is 104 cm³/mol. The summed E-state index contributed by atoms with van der Waals surface area (Å²) in [5.74, 6) is 0.447. The molecule has 0 spiro atoms. The third kappa shape index (κ3) is 4.43. The van der Waals surface area contributed by atoms with Gasteiger partial charge in [-0.15, -0.1) is 0 Å². The molecule has 142 valence electrons. The third-order valence-corrected chi connectivity index (χ3v) is 5.39. The molecule has 6 nitrogen and oxygen atoms in total. The van der Waals surface area contributed by atoms with Gasteiger partial charge in [0.1, 0.15) is 0 Å². The van der Waals surface area contributed by atoms with Crippen LogP contribution in [-0.4, -0.2) is 74.5 Å². The monoisotopic (exact) mass is 358 g/mol. The maximum Gasteiger partial charge on any atom is 0.251 e. The molecule has 2 aliphatic heterocycles. The van der Waals surface area contributed by atoms with Gasteiger partial charge in [0.2, 0.25) is 5.91 Å².